The smallest absolute Gasteiger partial charge is 0.128 e. The first kappa shape index (κ1) is 16.9. The normalized spacial score (nSPS) is 12.4. The van der Waals surface area contributed by atoms with Crippen LogP contribution in [0.15, 0.2) is 18.3 Å². The molecule has 5 nitrogen and oxygen atoms in total. The molecule has 0 aromatic carbocycles. The number of pyridine rings is 1. The first-order chi connectivity index (χ1) is 9.69. The first-order valence-electron chi connectivity index (χ1n) is 7.23. The lowest BCUT2D eigenvalue weighted by Crippen LogP contribution is -2.32. The van der Waals surface area contributed by atoms with Crippen molar-refractivity contribution in [1.82, 2.24) is 4.98 Å². The van der Waals surface area contributed by atoms with Gasteiger partial charge < -0.3 is 19.5 Å². The van der Waals surface area contributed by atoms with E-state index in [4.69, 9.17) is 9.47 Å². The third kappa shape index (κ3) is 5.86. The molecule has 0 spiro atoms. The van der Waals surface area contributed by atoms with Gasteiger partial charge in [-0.1, -0.05) is 0 Å². The number of rotatable bonds is 10. The number of nitrogens with zero attached hydrogens (tertiary/aromatic N) is 2. The topological polar surface area (TPSA) is 54.8 Å². The third-order valence-corrected chi connectivity index (χ3v) is 3.00. The summed E-state index contributed by atoms with van der Waals surface area (Å²) in [6.45, 7) is 9.97. The highest BCUT2D eigenvalue weighted by molar-refractivity contribution is 5.41. The van der Waals surface area contributed by atoms with E-state index in [9.17, 15) is 5.11 Å². The van der Waals surface area contributed by atoms with Gasteiger partial charge in [-0.05, 0) is 38.5 Å². The van der Waals surface area contributed by atoms with Gasteiger partial charge in [0.2, 0.25) is 0 Å². The van der Waals surface area contributed by atoms with Gasteiger partial charge in [0.05, 0.1) is 19.3 Å². The quantitative estimate of drug-likeness (QED) is 0.665. The van der Waals surface area contributed by atoms with Crippen LogP contribution in [0.2, 0.25) is 0 Å². The fraction of sp³-hybridized carbons (Fsp3) is 0.667. The molecule has 20 heavy (non-hydrogen) atoms. The van der Waals surface area contributed by atoms with E-state index in [1.54, 1.807) is 13.1 Å². The molecule has 1 aromatic rings. The van der Waals surface area contributed by atoms with Crippen LogP contribution in [-0.2, 0) is 9.47 Å². The Morgan fingerprint density at radius 3 is 2.30 bits per heavy atom. The Labute approximate surface area is 121 Å². The van der Waals surface area contributed by atoms with E-state index < -0.39 is 6.10 Å². The van der Waals surface area contributed by atoms with Crippen molar-refractivity contribution in [3.63, 3.8) is 0 Å². The Bertz CT molecular complexity index is 362. The predicted molar refractivity (Wildman–Crippen MR) is 80.1 cm³/mol. The lowest BCUT2D eigenvalue weighted by molar-refractivity contribution is 0.141. The van der Waals surface area contributed by atoms with Gasteiger partial charge in [0.1, 0.15) is 5.82 Å². The molecule has 0 saturated carbocycles. The van der Waals surface area contributed by atoms with E-state index in [1.165, 1.54) is 0 Å². The van der Waals surface area contributed by atoms with Crippen molar-refractivity contribution in [2.24, 2.45) is 0 Å². The van der Waals surface area contributed by atoms with Gasteiger partial charge >= 0.3 is 0 Å². The van der Waals surface area contributed by atoms with Gasteiger partial charge in [-0.3, -0.25) is 0 Å². The van der Waals surface area contributed by atoms with E-state index in [-0.39, 0.29) is 0 Å². The standard InChI is InChI=1S/C15H26N2O3/c1-4-19-10-8-17(9-11-20-5-2)15-12-14(13(3)18)6-7-16-15/h6-7,12-13,18H,4-5,8-11H2,1-3H3/t13-/m0/s1. The van der Waals surface area contributed by atoms with Crippen molar-refractivity contribution in [3.05, 3.63) is 23.9 Å². The number of hydrogen-bond acceptors (Lipinski definition) is 5. The number of aliphatic hydroxyl groups is 1. The largest absolute Gasteiger partial charge is 0.389 e. The Balaban J connectivity index is 2.71. The SMILES string of the molecule is CCOCCN(CCOCC)c1cc([C@H](C)O)ccn1. The molecule has 1 heterocycles. The van der Waals surface area contributed by atoms with Gasteiger partial charge in [-0.15, -0.1) is 0 Å². The number of ether oxygens (including phenoxy) is 2. The molecule has 5 heteroatoms. The number of aliphatic hydroxyl groups excluding tert-OH is 1. The number of anilines is 1. The lowest BCUT2D eigenvalue weighted by Gasteiger charge is -2.24. The second-order valence-corrected chi connectivity index (χ2v) is 4.50. The number of hydrogen-bond donors (Lipinski definition) is 1. The first-order valence-corrected chi connectivity index (χ1v) is 7.23. The summed E-state index contributed by atoms with van der Waals surface area (Å²) in [5, 5.41) is 9.66. The van der Waals surface area contributed by atoms with Gasteiger partial charge in [0.25, 0.3) is 0 Å². The molecule has 0 aliphatic rings. The van der Waals surface area contributed by atoms with Crippen molar-refractivity contribution in [2.45, 2.75) is 26.9 Å². The molecule has 0 aliphatic heterocycles. The molecular weight excluding hydrogens is 256 g/mol. The molecule has 0 amide bonds. The van der Waals surface area contributed by atoms with Crippen molar-refractivity contribution < 1.29 is 14.6 Å². The van der Waals surface area contributed by atoms with Crippen LogP contribution in [0, 0.1) is 0 Å². The summed E-state index contributed by atoms with van der Waals surface area (Å²) in [4.78, 5) is 6.51. The van der Waals surface area contributed by atoms with Crippen LogP contribution >= 0.6 is 0 Å². The van der Waals surface area contributed by atoms with E-state index >= 15 is 0 Å². The summed E-state index contributed by atoms with van der Waals surface area (Å²) in [7, 11) is 0. The molecule has 0 saturated heterocycles. The van der Waals surface area contributed by atoms with Gasteiger partial charge in [0, 0.05) is 32.5 Å². The molecule has 0 fully saturated rings. The summed E-state index contributed by atoms with van der Waals surface area (Å²) < 4.78 is 10.8. The third-order valence-electron chi connectivity index (χ3n) is 3.00. The maximum atomic E-state index is 9.66. The molecule has 1 aromatic heterocycles. The molecule has 0 unspecified atom stereocenters. The highest BCUT2D eigenvalue weighted by Gasteiger charge is 2.10. The van der Waals surface area contributed by atoms with Crippen molar-refractivity contribution in [1.29, 1.82) is 0 Å². The summed E-state index contributed by atoms with van der Waals surface area (Å²) in [5.74, 6) is 0.850. The number of aromatic nitrogens is 1. The zero-order valence-electron chi connectivity index (χ0n) is 12.7. The van der Waals surface area contributed by atoms with Crippen LogP contribution in [0.5, 0.6) is 0 Å². The second-order valence-electron chi connectivity index (χ2n) is 4.50. The lowest BCUT2D eigenvalue weighted by atomic mass is 10.1. The van der Waals surface area contributed by atoms with Crippen molar-refractivity contribution in [3.8, 4) is 0 Å². The van der Waals surface area contributed by atoms with E-state index in [0.717, 1.165) is 24.5 Å². The minimum absolute atomic E-state index is 0.489. The Hall–Kier alpha value is -1.17. The van der Waals surface area contributed by atoms with Crippen LogP contribution in [0.1, 0.15) is 32.4 Å². The fourth-order valence-corrected chi connectivity index (χ4v) is 1.85. The molecule has 0 bridgehead atoms. The maximum Gasteiger partial charge on any atom is 0.128 e. The van der Waals surface area contributed by atoms with Crippen molar-refractivity contribution >= 4 is 5.82 Å². The minimum atomic E-state index is -0.489. The van der Waals surface area contributed by atoms with Crippen LogP contribution in [-0.4, -0.2) is 49.6 Å². The highest BCUT2D eigenvalue weighted by atomic mass is 16.5. The molecule has 0 radical (unpaired) electrons. The average molecular weight is 282 g/mol. The molecule has 1 atom stereocenters. The van der Waals surface area contributed by atoms with Gasteiger partial charge in [-0.2, -0.15) is 0 Å². The second kappa shape index (κ2) is 9.69. The molecular formula is C15H26N2O3. The van der Waals surface area contributed by atoms with E-state index in [2.05, 4.69) is 9.88 Å². The summed E-state index contributed by atoms with van der Waals surface area (Å²) in [5.41, 5.74) is 0.868. The van der Waals surface area contributed by atoms with Crippen molar-refractivity contribution in [2.75, 3.05) is 44.4 Å². The Kier molecular flexibility index (Phi) is 8.18. The summed E-state index contributed by atoms with van der Waals surface area (Å²) in [6.07, 6.45) is 1.24. The monoisotopic (exact) mass is 282 g/mol. The zero-order chi connectivity index (χ0) is 14.8. The van der Waals surface area contributed by atoms with Crippen LogP contribution < -0.4 is 4.90 Å². The molecule has 0 aliphatic carbocycles. The van der Waals surface area contributed by atoms with Crippen LogP contribution in [0.25, 0.3) is 0 Å². The zero-order valence-corrected chi connectivity index (χ0v) is 12.7. The molecule has 114 valence electrons. The van der Waals surface area contributed by atoms with Crippen LogP contribution in [0.3, 0.4) is 0 Å². The minimum Gasteiger partial charge on any atom is -0.389 e. The summed E-state index contributed by atoms with van der Waals surface area (Å²) in [6, 6.07) is 3.75. The van der Waals surface area contributed by atoms with E-state index in [0.29, 0.717) is 26.4 Å². The Morgan fingerprint density at radius 2 is 1.80 bits per heavy atom. The van der Waals surface area contributed by atoms with E-state index in [1.807, 2.05) is 26.0 Å². The van der Waals surface area contributed by atoms with Gasteiger partial charge in [0.15, 0.2) is 0 Å². The maximum absolute atomic E-state index is 9.66. The summed E-state index contributed by atoms with van der Waals surface area (Å²) >= 11 is 0. The van der Waals surface area contributed by atoms with Gasteiger partial charge in [-0.25, -0.2) is 4.98 Å². The fourth-order valence-electron chi connectivity index (χ4n) is 1.85. The predicted octanol–water partition coefficient (Wildman–Crippen LogP) is 2.01. The molecule has 1 rings (SSSR count). The average Bonchev–Trinajstić information content (AvgIpc) is 2.46. The Morgan fingerprint density at radius 1 is 1.20 bits per heavy atom. The van der Waals surface area contributed by atoms with Crippen LogP contribution in [0.4, 0.5) is 5.82 Å². The highest BCUT2D eigenvalue weighted by Crippen LogP contribution is 2.17. The molecule has 1 N–H and O–H groups in total.